The summed E-state index contributed by atoms with van der Waals surface area (Å²) in [6.45, 7) is 2.50. The highest BCUT2D eigenvalue weighted by atomic mass is 35.5. The zero-order valence-electron chi connectivity index (χ0n) is 14.5. The van der Waals surface area contributed by atoms with Gasteiger partial charge in [-0.2, -0.15) is 0 Å². The van der Waals surface area contributed by atoms with Crippen molar-refractivity contribution < 1.29 is 4.79 Å². The molecule has 5 heteroatoms. The van der Waals surface area contributed by atoms with Crippen LogP contribution in [-0.2, 0) is 4.79 Å². The first kappa shape index (κ1) is 19.4. The first-order chi connectivity index (χ1) is 11.6. The largest absolute Gasteiger partial charge is 0.333 e. The molecule has 1 heterocycles. The number of piperazine rings is 1. The minimum atomic E-state index is -0.255. The van der Waals surface area contributed by atoms with Crippen LogP contribution in [0.25, 0.3) is 0 Å². The van der Waals surface area contributed by atoms with Gasteiger partial charge in [0.25, 0.3) is 0 Å². The van der Waals surface area contributed by atoms with Gasteiger partial charge in [0.15, 0.2) is 0 Å². The van der Waals surface area contributed by atoms with Crippen molar-refractivity contribution in [2.24, 2.45) is 5.73 Å². The summed E-state index contributed by atoms with van der Waals surface area (Å²) in [6.07, 6.45) is 0.344. The van der Waals surface area contributed by atoms with Crippen LogP contribution >= 0.6 is 12.4 Å². The van der Waals surface area contributed by atoms with Crippen LogP contribution in [0, 0.1) is 0 Å². The van der Waals surface area contributed by atoms with Gasteiger partial charge < -0.3 is 15.5 Å². The molecule has 2 unspecified atom stereocenters. The van der Waals surface area contributed by atoms with E-state index < -0.39 is 0 Å². The minimum absolute atomic E-state index is 0. The second-order valence-electron chi connectivity index (χ2n) is 6.50. The molecule has 1 saturated heterocycles. The number of nitrogens with zero attached hydrogens (tertiary/aromatic N) is 2. The zero-order chi connectivity index (χ0) is 16.9. The first-order valence-corrected chi connectivity index (χ1v) is 8.48. The van der Waals surface area contributed by atoms with E-state index in [2.05, 4.69) is 24.1 Å². The van der Waals surface area contributed by atoms with Crippen molar-refractivity contribution in [3.63, 3.8) is 0 Å². The number of carbonyl (C=O) groups excluding carboxylic acids is 1. The standard InChI is InChI=1S/C20H25N3O.ClH/c1-22-12-13-23(19(15-22)17-10-6-3-7-11-17)20(24)14-18(21)16-8-4-2-5-9-16;/h2-11,18-19H,12-15,21H2,1H3;1H. The predicted octanol–water partition coefficient (Wildman–Crippen LogP) is 3.01. The Morgan fingerprint density at radius 1 is 1.08 bits per heavy atom. The summed E-state index contributed by atoms with van der Waals surface area (Å²) in [5, 5.41) is 0. The van der Waals surface area contributed by atoms with Crippen molar-refractivity contribution in [3.8, 4) is 0 Å². The third kappa shape index (κ3) is 4.82. The number of nitrogens with two attached hydrogens (primary N) is 1. The van der Waals surface area contributed by atoms with Gasteiger partial charge in [0.1, 0.15) is 0 Å². The number of benzene rings is 2. The maximum absolute atomic E-state index is 12.9. The SMILES string of the molecule is CN1CCN(C(=O)CC(N)c2ccccc2)C(c2ccccc2)C1.Cl. The lowest BCUT2D eigenvalue weighted by Crippen LogP contribution is -2.49. The topological polar surface area (TPSA) is 49.6 Å². The van der Waals surface area contributed by atoms with E-state index in [1.807, 2.05) is 53.4 Å². The van der Waals surface area contributed by atoms with Gasteiger partial charge in [0.05, 0.1) is 6.04 Å². The van der Waals surface area contributed by atoms with Gasteiger partial charge in [-0.1, -0.05) is 60.7 Å². The highest BCUT2D eigenvalue weighted by Gasteiger charge is 2.30. The fourth-order valence-corrected chi connectivity index (χ4v) is 3.30. The molecule has 25 heavy (non-hydrogen) atoms. The van der Waals surface area contributed by atoms with E-state index in [1.54, 1.807) is 0 Å². The van der Waals surface area contributed by atoms with Crippen molar-refractivity contribution in [3.05, 3.63) is 71.8 Å². The number of likely N-dealkylation sites (N-methyl/N-ethyl adjacent to an activating group) is 1. The van der Waals surface area contributed by atoms with Crippen LogP contribution in [0.1, 0.15) is 29.6 Å². The van der Waals surface area contributed by atoms with E-state index in [1.165, 1.54) is 5.56 Å². The molecule has 0 saturated carbocycles. The lowest BCUT2D eigenvalue weighted by molar-refractivity contribution is -0.136. The maximum Gasteiger partial charge on any atom is 0.225 e. The van der Waals surface area contributed by atoms with E-state index in [4.69, 9.17) is 5.73 Å². The Hall–Kier alpha value is -1.88. The molecule has 2 aromatic rings. The van der Waals surface area contributed by atoms with E-state index in [0.717, 1.165) is 25.2 Å². The zero-order valence-corrected chi connectivity index (χ0v) is 15.4. The van der Waals surface area contributed by atoms with Crippen molar-refractivity contribution in [1.82, 2.24) is 9.80 Å². The smallest absolute Gasteiger partial charge is 0.225 e. The van der Waals surface area contributed by atoms with Crippen LogP contribution in [0.3, 0.4) is 0 Å². The number of carbonyl (C=O) groups is 1. The van der Waals surface area contributed by atoms with Gasteiger partial charge in [0.2, 0.25) is 5.91 Å². The van der Waals surface area contributed by atoms with Crippen LogP contribution < -0.4 is 5.73 Å². The number of halogens is 1. The summed E-state index contributed by atoms with van der Waals surface area (Å²) in [5.74, 6) is 0.133. The van der Waals surface area contributed by atoms with Gasteiger partial charge >= 0.3 is 0 Å². The highest BCUT2D eigenvalue weighted by Crippen LogP contribution is 2.27. The Kier molecular flexibility index (Phi) is 7.00. The molecule has 1 fully saturated rings. The fourth-order valence-electron chi connectivity index (χ4n) is 3.30. The van der Waals surface area contributed by atoms with E-state index in [-0.39, 0.29) is 30.4 Å². The summed E-state index contributed by atoms with van der Waals surface area (Å²) in [4.78, 5) is 17.2. The maximum atomic E-state index is 12.9. The Bertz CT molecular complexity index is 665. The third-order valence-electron chi connectivity index (χ3n) is 4.71. The van der Waals surface area contributed by atoms with E-state index in [9.17, 15) is 4.79 Å². The third-order valence-corrected chi connectivity index (χ3v) is 4.71. The summed E-state index contributed by atoms with van der Waals surface area (Å²) in [7, 11) is 2.10. The van der Waals surface area contributed by atoms with Gasteiger partial charge in [-0.3, -0.25) is 4.79 Å². The number of hydrogen-bond donors (Lipinski definition) is 1. The monoisotopic (exact) mass is 359 g/mol. The summed E-state index contributed by atoms with van der Waals surface area (Å²) in [5.41, 5.74) is 8.45. The van der Waals surface area contributed by atoms with Gasteiger partial charge in [-0.25, -0.2) is 0 Å². The van der Waals surface area contributed by atoms with Gasteiger partial charge in [-0.15, -0.1) is 12.4 Å². The fraction of sp³-hybridized carbons (Fsp3) is 0.350. The van der Waals surface area contributed by atoms with Crippen LogP contribution in [0.5, 0.6) is 0 Å². The minimum Gasteiger partial charge on any atom is -0.333 e. The molecule has 0 spiro atoms. The molecular formula is C20H26ClN3O. The molecule has 2 aromatic carbocycles. The van der Waals surface area contributed by atoms with E-state index in [0.29, 0.717) is 6.42 Å². The van der Waals surface area contributed by atoms with Crippen LogP contribution in [0.4, 0.5) is 0 Å². The van der Waals surface area contributed by atoms with Crippen LogP contribution in [-0.4, -0.2) is 42.4 Å². The molecule has 134 valence electrons. The molecule has 0 bridgehead atoms. The Morgan fingerprint density at radius 2 is 1.68 bits per heavy atom. The Morgan fingerprint density at radius 3 is 2.32 bits per heavy atom. The quantitative estimate of drug-likeness (QED) is 0.912. The Balaban J connectivity index is 0.00000225. The van der Waals surface area contributed by atoms with Crippen LogP contribution in [0.15, 0.2) is 60.7 Å². The molecule has 1 amide bonds. The first-order valence-electron chi connectivity index (χ1n) is 8.48. The molecule has 1 aliphatic heterocycles. The predicted molar refractivity (Wildman–Crippen MR) is 104 cm³/mol. The summed E-state index contributed by atoms with van der Waals surface area (Å²) < 4.78 is 0. The number of rotatable bonds is 4. The molecule has 3 rings (SSSR count). The van der Waals surface area contributed by atoms with Crippen LogP contribution in [0.2, 0.25) is 0 Å². The Labute approximate surface area is 156 Å². The average molecular weight is 360 g/mol. The lowest BCUT2D eigenvalue weighted by Gasteiger charge is -2.40. The van der Waals surface area contributed by atoms with E-state index >= 15 is 0 Å². The van der Waals surface area contributed by atoms with Gasteiger partial charge in [0, 0.05) is 32.1 Å². The van der Waals surface area contributed by atoms with Crippen molar-refractivity contribution in [2.75, 3.05) is 26.7 Å². The summed E-state index contributed by atoms with van der Waals surface area (Å²) in [6, 6.07) is 20.0. The molecule has 2 atom stereocenters. The number of amides is 1. The molecule has 4 nitrogen and oxygen atoms in total. The molecule has 2 N–H and O–H groups in total. The van der Waals surface area contributed by atoms with Gasteiger partial charge in [-0.05, 0) is 18.2 Å². The molecule has 0 aromatic heterocycles. The second-order valence-corrected chi connectivity index (χ2v) is 6.50. The number of hydrogen-bond acceptors (Lipinski definition) is 3. The lowest BCUT2D eigenvalue weighted by atomic mass is 9.99. The molecular weight excluding hydrogens is 334 g/mol. The molecule has 0 radical (unpaired) electrons. The molecule has 1 aliphatic rings. The summed E-state index contributed by atoms with van der Waals surface area (Å²) >= 11 is 0. The van der Waals surface area contributed by atoms with Crippen molar-refractivity contribution in [2.45, 2.75) is 18.5 Å². The van der Waals surface area contributed by atoms with Crippen molar-refractivity contribution >= 4 is 18.3 Å². The normalized spacial score (nSPS) is 19.1. The van der Waals surface area contributed by atoms with Crippen molar-refractivity contribution in [1.29, 1.82) is 0 Å². The second kappa shape index (κ2) is 8.99. The highest BCUT2D eigenvalue weighted by molar-refractivity contribution is 5.85. The molecule has 0 aliphatic carbocycles. The average Bonchev–Trinajstić information content (AvgIpc) is 2.63.